The van der Waals surface area contributed by atoms with Crippen LogP contribution in [-0.4, -0.2) is 54.8 Å². The highest BCUT2D eigenvalue weighted by Crippen LogP contribution is 2.52. The molecule has 2 aromatic rings. The molecule has 2 aromatic carbocycles. The fraction of sp³-hybridized carbons (Fsp3) is 0.316. The van der Waals surface area contributed by atoms with Crippen LogP contribution in [-0.2, 0) is 5.60 Å². The van der Waals surface area contributed by atoms with Crippen LogP contribution in [0.4, 0.5) is 0 Å². The highest BCUT2D eigenvalue weighted by Gasteiger charge is 2.60. The van der Waals surface area contributed by atoms with Gasteiger partial charge in [-0.2, -0.15) is 0 Å². The molecule has 2 aliphatic heterocycles. The van der Waals surface area contributed by atoms with Gasteiger partial charge in [-0.25, -0.2) is 0 Å². The quantitative estimate of drug-likeness (QED) is 0.703. The Morgan fingerprint density at radius 2 is 1.64 bits per heavy atom. The van der Waals surface area contributed by atoms with E-state index in [-0.39, 0.29) is 39.9 Å². The molecule has 0 aliphatic carbocycles. The fourth-order valence-electron chi connectivity index (χ4n) is 3.54. The maximum Gasteiger partial charge on any atom is 0.238 e. The third-order valence-electron chi connectivity index (χ3n) is 4.93. The summed E-state index contributed by atoms with van der Waals surface area (Å²) >= 11 is 0. The number of benzene rings is 2. The maximum absolute atomic E-state index is 13.3. The van der Waals surface area contributed by atoms with E-state index in [4.69, 9.17) is 23.7 Å². The number of aromatic hydroxyl groups is 1. The Morgan fingerprint density at radius 1 is 0.964 bits per heavy atom. The van der Waals surface area contributed by atoms with Gasteiger partial charge in [0.25, 0.3) is 0 Å². The molecular weight excluding hydrogens is 372 g/mol. The number of carbonyl (C=O) groups excluding carboxylic acids is 1. The van der Waals surface area contributed by atoms with Gasteiger partial charge < -0.3 is 39.0 Å². The topological polar surface area (TPSA) is 124 Å². The minimum absolute atomic E-state index is 0.0197. The van der Waals surface area contributed by atoms with Crippen LogP contribution < -0.4 is 23.7 Å². The van der Waals surface area contributed by atoms with Crippen molar-refractivity contribution < 1.29 is 43.8 Å². The van der Waals surface area contributed by atoms with Crippen LogP contribution in [0.15, 0.2) is 24.3 Å². The molecule has 9 heteroatoms. The third-order valence-corrected chi connectivity index (χ3v) is 4.93. The Bertz CT molecular complexity index is 970. The average molecular weight is 390 g/mol. The first-order valence-electron chi connectivity index (χ1n) is 8.31. The van der Waals surface area contributed by atoms with Crippen molar-refractivity contribution in [1.82, 2.24) is 0 Å². The summed E-state index contributed by atoms with van der Waals surface area (Å²) in [4.78, 5) is 13.3. The third kappa shape index (κ3) is 2.30. The number of carbonyl (C=O) groups is 1. The van der Waals surface area contributed by atoms with E-state index in [1.807, 2.05) is 0 Å². The largest absolute Gasteiger partial charge is 0.507 e. The summed E-state index contributed by atoms with van der Waals surface area (Å²) in [6.45, 7) is 0. The number of ether oxygens (including phenoxy) is 5. The molecule has 0 aromatic heterocycles. The first-order chi connectivity index (χ1) is 13.3. The van der Waals surface area contributed by atoms with E-state index in [0.29, 0.717) is 0 Å². The highest BCUT2D eigenvalue weighted by atomic mass is 16.6. The number of aliphatic hydroxyl groups excluding tert-OH is 1. The van der Waals surface area contributed by atoms with Crippen molar-refractivity contribution in [3.63, 3.8) is 0 Å². The normalized spacial score (nSPS) is 24.8. The number of hydrogen-bond donors (Lipinski definition) is 3. The van der Waals surface area contributed by atoms with Crippen molar-refractivity contribution in [3.05, 3.63) is 35.4 Å². The number of phenols is 1. The zero-order chi connectivity index (χ0) is 20.2. The highest BCUT2D eigenvalue weighted by molar-refractivity contribution is 6.09. The van der Waals surface area contributed by atoms with Crippen LogP contribution in [0.1, 0.15) is 15.9 Å². The van der Waals surface area contributed by atoms with Crippen molar-refractivity contribution in [2.45, 2.75) is 18.0 Å². The van der Waals surface area contributed by atoms with Gasteiger partial charge in [0.15, 0.2) is 17.1 Å². The smallest absolute Gasteiger partial charge is 0.238 e. The average Bonchev–Trinajstić information content (AvgIpc) is 2.68. The molecule has 28 heavy (non-hydrogen) atoms. The van der Waals surface area contributed by atoms with Gasteiger partial charge in [0, 0.05) is 23.8 Å². The Balaban J connectivity index is 1.95. The van der Waals surface area contributed by atoms with Crippen LogP contribution in [0.25, 0.3) is 0 Å². The second-order valence-corrected chi connectivity index (χ2v) is 6.37. The molecule has 0 unspecified atom stereocenters. The number of phenolic OH excluding ortho intramolecular Hbond substituents is 1. The van der Waals surface area contributed by atoms with Gasteiger partial charge in [0.05, 0.1) is 21.3 Å². The van der Waals surface area contributed by atoms with Crippen LogP contribution >= 0.6 is 0 Å². The number of ketones is 1. The molecule has 0 spiro atoms. The lowest BCUT2D eigenvalue weighted by Gasteiger charge is -2.45. The zero-order valence-electron chi connectivity index (χ0n) is 15.3. The van der Waals surface area contributed by atoms with Crippen molar-refractivity contribution in [1.29, 1.82) is 0 Å². The summed E-state index contributed by atoms with van der Waals surface area (Å²) in [5.74, 6) is -0.518. The zero-order valence-corrected chi connectivity index (χ0v) is 15.3. The molecule has 3 atom stereocenters. The Labute approximate surface area is 159 Å². The number of Topliss-reactive ketones (excluding diaryl/α,β-unsaturated/α-hetero) is 1. The van der Waals surface area contributed by atoms with Gasteiger partial charge in [0.1, 0.15) is 28.6 Å². The molecule has 0 amide bonds. The minimum Gasteiger partial charge on any atom is -0.507 e. The van der Waals surface area contributed by atoms with Gasteiger partial charge in [-0.05, 0) is 6.07 Å². The standard InChI is InChI=1S/C19H18O9/c1-24-8-4-10(20)15-14(5-8)27-17-18(22)28-11-7-13(26-3)12(25-2)6-9(11)19(17,23)16(15)21/h4-7,17-18,20,22-23H,1-3H3/t17-,18+,19+/m1/s1. The number of hydrogen-bond acceptors (Lipinski definition) is 9. The number of fused-ring (bicyclic) bond motifs is 4. The van der Waals surface area contributed by atoms with E-state index in [1.54, 1.807) is 0 Å². The van der Waals surface area contributed by atoms with Gasteiger partial charge in [-0.15, -0.1) is 0 Å². The van der Waals surface area contributed by atoms with E-state index in [9.17, 15) is 20.1 Å². The molecule has 3 N–H and O–H groups in total. The van der Waals surface area contributed by atoms with Gasteiger partial charge in [-0.3, -0.25) is 4.79 Å². The first-order valence-corrected chi connectivity index (χ1v) is 8.31. The molecule has 4 rings (SSSR count). The number of methoxy groups -OCH3 is 3. The lowest BCUT2D eigenvalue weighted by Crippen LogP contribution is -2.61. The summed E-state index contributed by atoms with van der Waals surface area (Å²) < 4.78 is 26.6. The predicted octanol–water partition coefficient (Wildman–Crippen LogP) is 0.960. The van der Waals surface area contributed by atoms with Crippen LogP contribution in [0, 0.1) is 0 Å². The Hall–Kier alpha value is -3.17. The Kier molecular flexibility index (Phi) is 4.02. The second-order valence-electron chi connectivity index (χ2n) is 6.37. The lowest BCUT2D eigenvalue weighted by atomic mass is 9.76. The molecule has 0 saturated carbocycles. The molecular formula is C19H18O9. The SMILES string of the molecule is COc1cc(O)c2c(c1)O[C@@H]1[C@@H](O)Oc3cc(OC)c(OC)cc3[C@]1(O)C2=O. The second kappa shape index (κ2) is 6.18. The van der Waals surface area contributed by atoms with Crippen molar-refractivity contribution in [3.8, 4) is 34.5 Å². The van der Waals surface area contributed by atoms with Crippen molar-refractivity contribution in [2.75, 3.05) is 21.3 Å². The molecule has 9 nitrogen and oxygen atoms in total. The fourth-order valence-corrected chi connectivity index (χ4v) is 3.54. The van der Waals surface area contributed by atoms with Crippen molar-refractivity contribution >= 4 is 5.78 Å². The summed E-state index contributed by atoms with van der Waals surface area (Å²) in [7, 11) is 4.20. The molecule has 2 heterocycles. The lowest BCUT2D eigenvalue weighted by molar-refractivity contribution is -0.179. The summed E-state index contributed by atoms with van der Waals surface area (Å²) in [6, 6.07) is 5.38. The van der Waals surface area contributed by atoms with Crippen LogP contribution in [0.5, 0.6) is 34.5 Å². The summed E-state index contributed by atoms with van der Waals surface area (Å²) in [5, 5.41) is 32.1. The molecule has 0 radical (unpaired) electrons. The molecule has 148 valence electrons. The molecule has 2 aliphatic rings. The van der Waals surface area contributed by atoms with Crippen molar-refractivity contribution in [2.24, 2.45) is 0 Å². The summed E-state index contributed by atoms with van der Waals surface area (Å²) in [5.41, 5.74) is -2.54. The van der Waals surface area contributed by atoms with E-state index in [0.717, 1.165) is 0 Å². The molecule has 0 saturated heterocycles. The van der Waals surface area contributed by atoms with Gasteiger partial charge in [-0.1, -0.05) is 0 Å². The van der Waals surface area contributed by atoms with E-state index in [1.165, 1.54) is 45.6 Å². The van der Waals surface area contributed by atoms with E-state index >= 15 is 0 Å². The first kappa shape index (κ1) is 18.2. The number of rotatable bonds is 3. The molecule has 0 bridgehead atoms. The molecule has 0 fully saturated rings. The Morgan fingerprint density at radius 3 is 2.29 bits per heavy atom. The van der Waals surface area contributed by atoms with E-state index < -0.39 is 29.5 Å². The van der Waals surface area contributed by atoms with Gasteiger partial charge >= 0.3 is 0 Å². The maximum atomic E-state index is 13.3. The monoisotopic (exact) mass is 390 g/mol. The van der Waals surface area contributed by atoms with Crippen LogP contribution in [0.3, 0.4) is 0 Å². The number of aliphatic hydroxyl groups is 2. The van der Waals surface area contributed by atoms with E-state index in [2.05, 4.69) is 0 Å². The van der Waals surface area contributed by atoms with Gasteiger partial charge in [0.2, 0.25) is 18.2 Å². The minimum atomic E-state index is -2.33. The van der Waals surface area contributed by atoms with Crippen LogP contribution in [0.2, 0.25) is 0 Å². The summed E-state index contributed by atoms with van der Waals surface area (Å²) in [6.07, 6.45) is -3.15. The predicted molar refractivity (Wildman–Crippen MR) is 93.5 cm³/mol.